The number of aliphatic imine (C=N–C) groups is 2. The van der Waals surface area contributed by atoms with Gasteiger partial charge in [0.15, 0.2) is 0 Å². The SMILES string of the molecule is C[Si](C)(C)C#Cc1ccc2c(c1)C(=Nc1ccccc1)c1ccccc1C2=Nc1ccccc1. The Morgan fingerprint density at radius 1 is 0.529 bits per heavy atom. The molecule has 0 radical (unpaired) electrons. The molecule has 1 aliphatic carbocycles. The first-order valence-electron chi connectivity index (χ1n) is 11.5. The molecule has 0 unspecified atom stereocenters. The highest BCUT2D eigenvalue weighted by Crippen LogP contribution is 2.32. The van der Waals surface area contributed by atoms with Crippen molar-refractivity contribution >= 4 is 30.9 Å². The molecule has 0 aromatic heterocycles. The minimum absolute atomic E-state index is 0.931. The van der Waals surface area contributed by atoms with Gasteiger partial charge in [-0.05, 0) is 36.4 Å². The van der Waals surface area contributed by atoms with E-state index in [1.165, 1.54) is 0 Å². The molecule has 0 atom stereocenters. The van der Waals surface area contributed by atoms with Gasteiger partial charge in [-0.2, -0.15) is 0 Å². The second-order valence-corrected chi connectivity index (χ2v) is 14.1. The van der Waals surface area contributed by atoms with Gasteiger partial charge in [0.25, 0.3) is 0 Å². The summed E-state index contributed by atoms with van der Waals surface area (Å²) in [5.74, 6) is 3.42. The van der Waals surface area contributed by atoms with E-state index in [1.807, 2.05) is 60.7 Å². The molecule has 0 saturated heterocycles. The van der Waals surface area contributed by atoms with Crippen LogP contribution in [0.15, 0.2) is 113 Å². The van der Waals surface area contributed by atoms with E-state index in [2.05, 4.69) is 73.6 Å². The van der Waals surface area contributed by atoms with Crippen molar-refractivity contribution in [1.82, 2.24) is 0 Å². The Bertz CT molecular complexity index is 1460. The Labute approximate surface area is 202 Å². The summed E-state index contributed by atoms with van der Waals surface area (Å²) in [4.78, 5) is 10.2. The van der Waals surface area contributed by atoms with E-state index in [9.17, 15) is 0 Å². The van der Waals surface area contributed by atoms with E-state index < -0.39 is 8.07 Å². The number of fused-ring (bicyclic) bond motifs is 2. The van der Waals surface area contributed by atoms with E-state index in [0.29, 0.717) is 0 Å². The summed E-state index contributed by atoms with van der Waals surface area (Å²) in [5, 5.41) is 0. The normalized spacial score (nSPS) is 14.8. The molecule has 0 N–H and O–H groups in total. The fourth-order valence-electron chi connectivity index (χ4n) is 3.97. The molecule has 164 valence electrons. The van der Waals surface area contributed by atoms with Gasteiger partial charge in [0.2, 0.25) is 0 Å². The summed E-state index contributed by atoms with van der Waals surface area (Å²) in [6.45, 7) is 6.80. The smallest absolute Gasteiger partial charge is 0.129 e. The third-order valence-corrected chi connectivity index (χ3v) is 6.42. The van der Waals surface area contributed by atoms with Gasteiger partial charge < -0.3 is 0 Å². The Morgan fingerprint density at radius 2 is 1.00 bits per heavy atom. The number of hydrogen-bond acceptors (Lipinski definition) is 2. The quantitative estimate of drug-likeness (QED) is 0.194. The van der Waals surface area contributed by atoms with E-state index >= 15 is 0 Å². The lowest BCUT2D eigenvalue weighted by Gasteiger charge is -2.24. The Morgan fingerprint density at radius 3 is 1.53 bits per heavy atom. The molecule has 3 heteroatoms. The lowest BCUT2D eigenvalue weighted by atomic mass is 9.82. The molecule has 4 aromatic carbocycles. The van der Waals surface area contributed by atoms with Crippen LogP contribution in [0, 0.1) is 11.5 Å². The molecule has 0 fully saturated rings. The summed E-state index contributed by atoms with van der Waals surface area (Å²) in [6, 6.07) is 35.1. The topological polar surface area (TPSA) is 24.7 Å². The average Bonchev–Trinajstić information content (AvgIpc) is 2.85. The number of nitrogens with zero attached hydrogens (tertiary/aromatic N) is 2. The van der Waals surface area contributed by atoms with Gasteiger partial charge in [-0.25, -0.2) is 9.98 Å². The van der Waals surface area contributed by atoms with Crippen LogP contribution < -0.4 is 0 Å². The van der Waals surface area contributed by atoms with Gasteiger partial charge in [-0.1, -0.05) is 92.3 Å². The molecule has 1 aliphatic rings. The van der Waals surface area contributed by atoms with Crippen LogP contribution in [0.25, 0.3) is 0 Å². The van der Waals surface area contributed by atoms with Crippen molar-refractivity contribution in [2.24, 2.45) is 9.98 Å². The zero-order valence-corrected chi connectivity index (χ0v) is 20.7. The maximum atomic E-state index is 5.11. The zero-order chi connectivity index (χ0) is 23.5. The van der Waals surface area contributed by atoms with Crippen LogP contribution in [-0.4, -0.2) is 19.5 Å². The molecule has 0 aliphatic heterocycles. The van der Waals surface area contributed by atoms with Gasteiger partial charge >= 0.3 is 0 Å². The lowest BCUT2D eigenvalue weighted by Crippen LogP contribution is -2.22. The highest BCUT2D eigenvalue weighted by atomic mass is 28.3. The zero-order valence-electron chi connectivity index (χ0n) is 19.7. The fourth-order valence-corrected chi connectivity index (χ4v) is 4.49. The summed E-state index contributed by atoms with van der Waals surface area (Å²) in [5.41, 5.74) is 12.6. The molecule has 4 aromatic rings. The first-order valence-corrected chi connectivity index (χ1v) is 15.0. The van der Waals surface area contributed by atoms with E-state index in [1.54, 1.807) is 0 Å². The van der Waals surface area contributed by atoms with Crippen LogP contribution in [-0.2, 0) is 0 Å². The first kappa shape index (κ1) is 21.8. The number of hydrogen-bond donors (Lipinski definition) is 0. The number of rotatable bonds is 2. The summed E-state index contributed by atoms with van der Waals surface area (Å²) < 4.78 is 0. The Balaban J connectivity index is 1.77. The van der Waals surface area contributed by atoms with Gasteiger partial charge in [-0.3, -0.25) is 0 Å². The third-order valence-electron chi connectivity index (χ3n) is 5.54. The van der Waals surface area contributed by atoms with Gasteiger partial charge in [-0.15, -0.1) is 5.54 Å². The maximum absolute atomic E-state index is 5.11. The van der Waals surface area contributed by atoms with Crippen molar-refractivity contribution in [3.8, 4) is 11.5 Å². The highest BCUT2D eigenvalue weighted by Gasteiger charge is 2.27. The Hall–Kier alpha value is -4.00. The standard InChI is InChI=1S/C31H26N2Si/c1-34(2,3)21-20-23-18-19-28-29(22-23)31(33-25-14-8-5-9-15-25)27-17-11-10-16-26(27)30(28)32-24-12-6-4-7-13-24/h4-19,22H,1-3H3. The van der Waals surface area contributed by atoms with Crippen LogP contribution >= 0.6 is 0 Å². The fraction of sp³-hybridized carbons (Fsp3) is 0.0968. The molecular formula is C31H26N2Si. The van der Waals surface area contributed by atoms with Crippen LogP contribution in [0.3, 0.4) is 0 Å². The van der Waals surface area contributed by atoms with Crippen molar-refractivity contribution in [1.29, 1.82) is 0 Å². The molecule has 0 spiro atoms. The summed E-state index contributed by atoms with van der Waals surface area (Å²) >= 11 is 0. The highest BCUT2D eigenvalue weighted by molar-refractivity contribution is 6.83. The summed E-state index contributed by atoms with van der Waals surface area (Å²) in [6.07, 6.45) is 0. The van der Waals surface area contributed by atoms with Gasteiger partial charge in [0.1, 0.15) is 8.07 Å². The second-order valence-electron chi connectivity index (χ2n) is 9.40. The lowest BCUT2D eigenvalue weighted by molar-refractivity contribution is 1.40. The van der Waals surface area contributed by atoms with Crippen molar-refractivity contribution in [3.05, 3.63) is 131 Å². The first-order chi connectivity index (χ1) is 16.5. The molecule has 2 nitrogen and oxygen atoms in total. The molecule has 0 saturated carbocycles. The Kier molecular flexibility index (Phi) is 5.84. The monoisotopic (exact) mass is 454 g/mol. The van der Waals surface area contributed by atoms with Crippen molar-refractivity contribution in [3.63, 3.8) is 0 Å². The molecular weight excluding hydrogens is 428 g/mol. The van der Waals surface area contributed by atoms with E-state index in [0.717, 1.165) is 50.6 Å². The van der Waals surface area contributed by atoms with Gasteiger partial charge in [0.05, 0.1) is 22.8 Å². The maximum Gasteiger partial charge on any atom is 0.129 e. The predicted molar refractivity (Wildman–Crippen MR) is 147 cm³/mol. The molecule has 34 heavy (non-hydrogen) atoms. The van der Waals surface area contributed by atoms with Crippen LogP contribution in [0.4, 0.5) is 11.4 Å². The van der Waals surface area contributed by atoms with Crippen LogP contribution in [0.5, 0.6) is 0 Å². The van der Waals surface area contributed by atoms with Gasteiger partial charge in [0, 0.05) is 27.8 Å². The number of para-hydroxylation sites is 2. The van der Waals surface area contributed by atoms with Crippen molar-refractivity contribution in [2.45, 2.75) is 19.6 Å². The minimum Gasteiger partial charge on any atom is -0.248 e. The molecule has 0 bridgehead atoms. The van der Waals surface area contributed by atoms with E-state index in [-0.39, 0.29) is 0 Å². The van der Waals surface area contributed by atoms with Crippen molar-refractivity contribution in [2.75, 3.05) is 0 Å². The van der Waals surface area contributed by atoms with E-state index in [4.69, 9.17) is 9.98 Å². The molecule has 0 amide bonds. The van der Waals surface area contributed by atoms with Crippen molar-refractivity contribution < 1.29 is 0 Å². The second kappa shape index (κ2) is 9.09. The predicted octanol–water partition coefficient (Wildman–Crippen LogP) is 7.57. The largest absolute Gasteiger partial charge is 0.248 e. The molecule has 0 heterocycles. The summed E-state index contributed by atoms with van der Waals surface area (Å²) in [7, 11) is -1.49. The van der Waals surface area contributed by atoms with Crippen LogP contribution in [0.1, 0.15) is 27.8 Å². The third kappa shape index (κ3) is 4.68. The average molecular weight is 455 g/mol. The minimum atomic E-state index is -1.49. The number of benzene rings is 4. The van der Waals surface area contributed by atoms with Crippen LogP contribution in [0.2, 0.25) is 19.6 Å². The molecule has 5 rings (SSSR count).